The molecular weight excluding hydrogens is 160 g/mol. The van der Waals surface area contributed by atoms with Crippen molar-refractivity contribution >= 4 is 0 Å². The highest BCUT2D eigenvalue weighted by Crippen LogP contribution is 2.18. The van der Waals surface area contributed by atoms with Crippen LogP contribution in [0.4, 0.5) is 0 Å². The summed E-state index contributed by atoms with van der Waals surface area (Å²) in [6.45, 7) is 7.60. The van der Waals surface area contributed by atoms with Gasteiger partial charge in [0.2, 0.25) is 0 Å². The van der Waals surface area contributed by atoms with Crippen molar-refractivity contribution in [1.82, 2.24) is 10.6 Å². The topological polar surface area (TPSA) is 24.1 Å². The summed E-state index contributed by atoms with van der Waals surface area (Å²) < 4.78 is 0. The van der Waals surface area contributed by atoms with Crippen molar-refractivity contribution in [3.63, 3.8) is 0 Å². The predicted molar refractivity (Wildman–Crippen MR) is 56.5 cm³/mol. The molecule has 0 aliphatic carbocycles. The molecule has 1 heterocycles. The second-order valence-corrected chi connectivity index (χ2v) is 4.56. The minimum absolute atomic E-state index is 0.193. The molecule has 1 saturated heterocycles. The van der Waals surface area contributed by atoms with Gasteiger partial charge in [0.05, 0.1) is 6.04 Å². The van der Waals surface area contributed by atoms with Gasteiger partial charge in [-0.05, 0) is 40.2 Å². The minimum atomic E-state index is 0.193. The van der Waals surface area contributed by atoms with Gasteiger partial charge in [-0.15, -0.1) is 6.42 Å². The van der Waals surface area contributed by atoms with Crippen molar-refractivity contribution in [2.45, 2.75) is 51.2 Å². The van der Waals surface area contributed by atoms with E-state index in [1.807, 2.05) is 6.92 Å². The Hall–Kier alpha value is -0.520. The SMILES string of the molecule is C#CC(C)NC1CCNC(C)(C)C1. The molecular formula is C11H20N2. The molecule has 0 radical (unpaired) electrons. The molecule has 1 aliphatic rings. The van der Waals surface area contributed by atoms with Crippen molar-refractivity contribution in [2.75, 3.05) is 6.54 Å². The van der Waals surface area contributed by atoms with Gasteiger partial charge in [0, 0.05) is 11.6 Å². The Morgan fingerprint density at radius 2 is 2.31 bits per heavy atom. The highest BCUT2D eigenvalue weighted by atomic mass is 15.0. The molecule has 0 aromatic carbocycles. The van der Waals surface area contributed by atoms with Gasteiger partial charge in [-0.2, -0.15) is 0 Å². The second kappa shape index (κ2) is 4.13. The molecule has 1 aliphatic heterocycles. The lowest BCUT2D eigenvalue weighted by Crippen LogP contribution is -2.53. The van der Waals surface area contributed by atoms with Crippen LogP contribution in [-0.4, -0.2) is 24.2 Å². The molecule has 74 valence electrons. The molecule has 1 rings (SSSR count). The Bertz CT molecular complexity index is 203. The van der Waals surface area contributed by atoms with Crippen LogP contribution in [0.2, 0.25) is 0 Å². The Morgan fingerprint density at radius 3 is 2.85 bits per heavy atom. The van der Waals surface area contributed by atoms with Crippen molar-refractivity contribution in [3.05, 3.63) is 0 Å². The number of nitrogens with one attached hydrogen (secondary N) is 2. The summed E-state index contributed by atoms with van der Waals surface area (Å²) in [4.78, 5) is 0. The number of hydrogen-bond acceptors (Lipinski definition) is 2. The van der Waals surface area contributed by atoms with Gasteiger partial charge in [-0.3, -0.25) is 0 Å². The average molecular weight is 180 g/mol. The maximum atomic E-state index is 5.33. The van der Waals surface area contributed by atoms with Crippen LogP contribution in [0.25, 0.3) is 0 Å². The molecule has 2 nitrogen and oxygen atoms in total. The van der Waals surface area contributed by atoms with Crippen LogP contribution in [0.15, 0.2) is 0 Å². The van der Waals surface area contributed by atoms with E-state index < -0.39 is 0 Å². The van der Waals surface area contributed by atoms with Gasteiger partial charge in [0.25, 0.3) is 0 Å². The lowest BCUT2D eigenvalue weighted by atomic mass is 9.89. The molecule has 2 N–H and O–H groups in total. The van der Waals surface area contributed by atoms with E-state index in [9.17, 15) is 0 Å². The molecule has 0 spiro atoms. The summed E-state index contributed by atoms with van der Waals surface area (Å²) in [6, 6.07) is 0.765. The lowest BCUT2D eigenvalue weighted by molar-refractivity contribution is 0.245. The summed E-state index contributed by atoms with van der Waals surface area (Å²) >= 11 is 0. The van der Waals surface area contributed by atoms with E-state index in [4.69, 9.17) is 6.42 Å². The summed E-state index contributed by atoms with van der Waals surface area (Å²) in [5.74, 6) is 2.71. The molecule has 2 atom stereocenters. The first-order valence-corrected chi connectivity index (χ1v) is 5.01. The molecule has 0 aromatic rings. The van der Waals surface area contributed by atoms with Crippen molar-refractivity contribution in [3.8, 4) is 12.3 Å². The Kier molecular flexibility index (Phi) is 3.35. The van der Waals surface area contributed by atoms with Crippen LogP contribution in [0.3, 0.4) is 0 Å². The fraction of sp³-hybridized carbons (Fsp3) is 0.818. The number of piperidine rings is 1. The zero-order chi connectivity index (χ0) is 9.90. The predicted octanol–water partition coefficient (Wildman–Crippen LogP) is 1.13. The number of terminal acetylenes is 1. The molecule has 0 aromatic heterocycles. The smallest absolute Gasteiger partial charge is 0.0660 e. The molecule has 2 unspecified atom stereocenters. The summed E-state index contributed by atoms with van der Waals surface area (Å²) in [5.41, 5.74) is 0.254. The first-order chi connectivity index (χ1) is 6.03. The first-order valence-electron chi connectivity index (χ1n) is 5.01. The van der Waals surface area contributed by atoms with E-state index in [2.05, 4.69) is 30.4 Å². The third-order valence-electron chi connectivity index (χ3n) is 2.59. The van der Waals surface area contributed by atoms with Crippen LogP contribution < -0.4 is 10.6 Å². The quantitative estimate of drug-likeness (QED) is 0.622. The van der Waals surface area contributed by atoms with Crippen LogP contribution in [-0.2, 0) is 0 Å². The Labute approximate surface area is 81.5 Å². The molecule has 13 heavy (non-hydrogen) atoms. The Balaban J connectivity index is 2.40. The van der Waals surface area contributed by atoms with Gasteiger partial charge in [0.15, 0.2) is 0 Å². The lowest BCUT2D eigenvalue weighted by Gasteiger charge is -2.37. The van der Waals surface area contributed by atoms with Crippen molar-refractivity contribution in [1.29, 1.82) is 0 Å². The standard InChI is InChI=1S/C11H20N2/c1-5-9(2)13-10-6-7-12-11(3,4)8-10/h1,9-10,12-13H,6-8H2,2-4H3. The molecule has 1 fully saturated rings. The van der Waals surface area contributed by atoms with E-state index in [0.29, 0.717) is 6.04 Å². The van der Waals surface area contributed by atoms with Gasteiger partial charge < -0.3 is 10.6 Å². The second-order valence-electron chi connectivity index (χ2n) is 4.56. The molecule has 0 amide bonds. The van der Waals surface area contributed by atoms with Gasteiger partial charge in [-0.1, -0.05) is 5.92 Å². The molecule has 0 saturated carbocycles. The van der Waals surface area contributed by atoms with Gasteiger partial charge in [-0.25, -0.2) is 0 Å². The fourth-order valence-electron chi connectivity index (χ4n) is 1.92. The third-order valence-corrected chi connectivity index (χ3v) is 2.59. The molecule has 0 bridgehead atoms. The van der Waals surface area contributed by atoms with Gasteiger partial charge >= 0.3 is 0 Å². The third kappa shape index (κ3) is 3.38. The van der Waals surface area contributed by atoms with E-state index in [1.165, 1.54) is 6.42 Å². The average Bonchev–Trinajstić information content (AvgIpc) is 2.02. The first kappa shape index (κ1) is 10.6. The van der Waals surface area contributed by atoms with Crippen molar-refractivity contribution in [2.24, 2.45) is 0 Å². The fourth-order valence-corrected chi connectivity index (χ4v) is 1.92. The van der Waals surface area contributed by atoms with E-state index in [-0.39, 0.29) is 11.6 Å². The number of rotatable bonds is 2. The monoisotopic (exact) mass is 180 g/mol. The summed E-state index contributed by atoms with van der Waals surface area (Å²) in [7, 11) is 0. The number of hydrogen-bond donors (Lipinski definition) is 2. The van der Waals surface area contributed by atoms with Crippen molar-refractivity contribution < 1.29 is 0 Å². The zero-order valence-electron chi connectivity index (χ0n) is 8.85. The van der Waals surface area contributed by atoms with E-state index in [1.54, 1.807) is 0 Å². The van der Waals surface area contributed by atoms with Gasteiger partial charge in [0.1, 0.15) is 0 Å². The maximum absolute atomic E-state index is 5.33. The van der Waals surface area contributed by atoms with Crippen LogP contribution >= 0.6 is 0 Å². The largest absolute Gasteiger partial charge is 0.312 e. The molecule has 2 heteroatoms. The summed E-state index contributed by atoms with van der Waals surface area (Å²) in [5, 5.41) is 6.94. The van der Waals surface area contributed by atoms with E-state index >= 15 is 0 Å². The maximum Gasteiger partial charge on any atom is 0.0660 e. The highest BCUT2D eigenvalue weighted by molar-refractivity contribution is 4.99. The van der Waals surface area contributed by atoms with Crippen LogP contribution in [0.5, 0.6) is 0 Å². The Morgan fingerprint density at radius 1 is 1.62 bits per heavy atom. The normalized spacial score (nSPS) is 29.2. The highest BCUT2D eigenvalue weighted by Gasteiger charge is 2.27. The summed E-state index contributed by atoms with van der Waals surface area (Å²) in [6.07, 6.45) is 7.66. The van der Waals surface area contributed by atoms with Crippen LogP contribution in [0, 0.1) is 12.3 Å². The minimum Gasteiger partial charge on any atom is -0.312 e. The van der Waals surface area contributed by atoms with E-state index in [0.717, 1.165) is 13.0 Å². The van der Waals surface area contributed by atoms with Crippen LogP contribution in [0.1, 0.15) is 33.6 Å². The zero-order valence-corrected chi connectivity index (χ0v) is 8.85.